The average Bonchev–Trinajstić information content (AvgIpc) is 2.80. The van der Waals surface area contributed by atoms with Crippen molar-refractivity contribution in [2.45, 2.75) is 13.3 Å². The molecular formula is C24H29NO7. The van der Waals surface area contributed by atoms with Crippen LogP contribution in [0.25, 0.3) is 6.08 Å². The lowest BCUT2D eigenvalue weighted by Crippen LogP contribution is -2.23. The van der Waals surface area contributed by atoms with Crippen molar-refractivity contribution in [2.24, 2.45) is 0 Å². The number of benzene rings is 2. The van der Waals surface area contributed by atoms with Gasteiger partial charge >= 0.3 is 0 Å². The quantitative estimate of drug-likeness (QED) is 0.421. The van der Waals surface area contributed by atoms with E-state index >= 15 is 0 Å². The number of amides is 1. The van der Waals surface area contributed by atoms with Crippen molar-refractivity contribution < 1.29 is 33.3 Å². The van der Waals surface area contributed by atoms with Crippen LogP contribution in [0.4, 0.5) is 0 Å². The molecule has 8 heteroatoms. The van der Waals surface area contributed by atoms with Gasteiger partial charge in [0.05, 0.1) is 35.5 Å². The Morgan fingerprint density at radius 2 is 1.47 bits per heavy atom. The molecule has 0 unspecified atom stereocenters. The topological polar surface area (TPSA) is 92.3 Å². The summed E-state index contributed by atoms with van der Waals surface area (Å²) in [4.78, 5) is 24.3. The van der Waals surface area contributed by atoms with E-state index < -0.39 is 0 Å². The van der Waals surface area contributed by atoms with E-state index in [0.717, 1.165) is 5.56 Å². The number of ether oxygens (including phenoxy) is 5. The minimum absolute atomic E-state index is 0.140. The molecule has 2 aromatic rings. The van der Waals surface area contributed by atoms with Crippen molar-refractivity contribution in [3.63, 3.8) is 0 Å². The molecule has 0 radical (unpaired) electrons. The number of carbonyl (C=O) groups excluding carboxylic acids is 2. The molecule has 0 fully saturated rings. The van der Waals surface area contributed by atoms with Crippen LogP contribution in [0, 0.1) is 0 Å². The summed E-state index contributed by atoms with van der Waals surface area (Å²) in [5.74, 6) is 1.98. The molecule has 0 saturated heterocycles. The summed E-state index contributed by atoms with van der Waals surface area (Å²) in [6.07, 6.45) is 3.55. The van der Waals surface area contributed by atoms with Gasteiger partial charge in [0.15, 0.2) is 28.8 Å². The molecule has 8 nitrogen and oxygen atoms in total. The molecule has 0 atom stereocenters. The highest BCUT2D eigenvalue weighted by Gasteiger charge is 2.17. The fourth-order valence-corrected chi connectivity index (χ4v) is 3.24. The molecule has 0 aliphatic rings. The molecule has 0 saturated carbocycles. The molecule has 1 N–H and O–H groups in total. The zero-order chi connectivity index (χ0) is 23.7. The Labute approximate surface area is 188 Å². The van der Waals surface area contributed by atoms with Crippen molar-refractivity contribution in [3.8, 4) is 28.7 Å². The van der Waals surface area contributed by atoms with E-state index in [0.29, 0.717) is 52.8 Å². The van der Waals surface area contributed by atoms with Crippen LogP contribution in [0.5, 0.6) is 28.7 Å². The van der Waals surface area contributed by atoms with Gasteiger partial charge in [-0.15, -0.1) is 0 Å². The maximum atomic E-state index is 13.1. The molecule has 2 rings (SSSR count). The summed E-state index contributed by atoms with van der Waals surface area (Å²) < 4.78 is 26.9. The lowest BCUT2D eigenvalue weighted by atomic mass is 9.98. The summed E-state index contributed by atoms with van der Waals surface area (Å²) in [7, 11) is 7.61. The van der Waals surface area contributed by atoms with Gasteiger partial charge in [0, 0.05) is 24.6 Å². The Hall–Kier alpha value is -3.68. The second-order valence-corrected chi connectivity index (χ2v) is 6.72. The smallest absolute Gasteiger partial charge is 0.216 e. The summed E-state index contributed by atoms with van der Waals surface area (Å²) in [5.41, 5.74) is 1.83. The first kappa shape index (κ1) is 24.6. The number of nitrogens with one attached hydrogen (secondary N) is 1. The van der Waals surface area contributed by atoms with Crippen molar-refractivity contribution in [2.75, 3.05) is 42.1 Å². The van der Waals surface area contributed by atoms with Gasteiger partial charge in [-0.3, -0.25) is 9.59 Å². The van der Waals surface area contributed by atoms with Crippen LogP contribution in [0.2, 0.25) is 0 Å². The lowest BCUT2D eigenvalue weighted by molar-refractivity contribution is -0.118. The van der Waals surface area contributed by atoms with E-state index in [1.807, 2.05) is 0 Å². The minimum atomic E-state index is -0.236. The van der Waals surface area contributed by atoms with Crippen LogP contribution in [0.3, 0.4) is 0 Å². The Morgan fingerprint density at radius 1 is 0.844 bits per heavy atom. The summed E-state index contributed by atoms with van der Waals surface area (Å²) in [6, 6.07) is 6.90. The number of ketones is 1. The zero-order valence-corrected chi connectivity index (χ0v) is 19.2. The summed E-state index contributed by atoms with van der Waals surface area (Å²) in [5, 5.41) is 2.74. The molecular weight excluding hydrogens is 414 g/mol. The molecule has 1 amide bonds. The number of hydrogen-bond donors (Lipinski definition) is 1. The highest BCUT2D eigenvalue weighted by atomic mass is 16.5. The fourth-order valence-electron chi connectivity index (χ4n) is 3.24. The Bertz CT molecular complexity index is 998. The third kappa shape index (κ3) is 5.72. The van der Waals surface area contributed by atoms with Gasteiger partial charge in [0.2, 0.25) is 11.7 Å². The Morgan fingerprint density at radius 3 is 2.03 bits per heavy atom. The zero-order valence-electron chi connectivity index (χ0n) is 19.2. The van der Waals surface area contributed by atoms with E-state index in [-0.39, 0.29) is 11.7 Å². The predicted octanol–water partition coefficient (Wildman–Crippen LogP) is 3.30. The number of methoxy groups -OCH3 is 5. The normalized spacial score (nSPS) is 10.6. The highest BCUT2D eigenvalue weighted by Crippen LogP contribution is 2.40. The SMILES string of the molecule is COc1cc(CCNC(C)=O)c(C(=O)C=Cc2ccc(OC)c(OC)c2OC)cc1OC. The maximum absolute atomic E-state index is 13.1. The van der Waals surface area contributed by atoms with Gasteiger partial charge in [0.1, 0.15) is 0 Å². The fraction of sp³-hybridized carbons (Fsp3) is 0.333. The van der Waals surface area contributed by atoms with Crippen molar-refractivity contribution in [1.29, 1.82) is 0 Å². The number of rotatable bonds is 11. The van der Waals surface area contributed by atoms with E-state index in [9.17, 15) is 9.59 Å². The van der Waals surface area contributed by atoms with Gasteiger partial charge in [-0.1, -0.05) is 0 Å². The molecule has 0 aliphatic heterocycles. The van der Waals surface area contributed by atoms with Crippen molar-refractivity contribution >= 4 is 17.8 Å². The molecule has 32 heavy (non-hydrogen) atoms. The predicted molar refractivity (Wildman–Crippen MR) is 121 cm³/mol. The molecule has 0 spiro atoms. The molecule has 2 aromatic carbocycles. The first-order chi connectivity index (χ1) is 15.4. The van der Waals surface area contributed by atoms with Gasteiger partial charge < -0.3 is 29.0 Å². The van der Waals surface area contributed by atoms with Crippen LogP contribution in [-0.4, -0.2) is 53.8 Å². The van der Waals surface area contributed by atoms with E-state index in [2.05, 4.69) is 5.32 Å². The maximum Gasteiger partial charge on any atom is 0.216 e. The Balaban J connectivity index is 2.43. The second kappa shape index (κ2) is 11.6. The van der Waals surface area contributed by atoms with E-state index in [1.54, 1.807) is 30.3 Å². The molecule has 0 aliphatic carbocycles. The monoisotopic (exact) mass is 443 g/mol. The molecule has 0 bridgehead atoms. The van der Waals surface area contributed by atoms with Crippen LogP contribution in [0.15, 0.2) is 30.3 Å². The summed E-state index contributed by atoms with van der Waals surface area (Å²) in [6.45, 7) is 1.83. The third-order valence-electron chi connectivity index (χ3n) is 4.79. The van der Waals surface area contributed by atoms with Crippen LogP contribution in [0.1, 0.15) is 28.4 Å². The highest BCUT2D eigenvalue weighted by molar-refractivity contribution is 6.08. The largest absolute Gasteiger partial charge is 0.493 e. The first-order valence-electron chi connectivity index (χ1n) is 9.90. The lowest BCUT2D eigenvalue weighted by Gasteiger charge is -2.15. The number of hydrogen-bond acceptors (Lipinski definition) is 7. The minimum Gasteiger partial charge on any atom is -0.493 e. The van der Waals surface area contributed by atoms with E-state index in [4.69, 9.17) is 23.7 Å². The standard InChI is InChI=1S/C24H29NO7/c1-15(26)25-12-11-17-13-21(29-3)22(30-4)14-18(17)19(27)9-7-16-8-10-20(28-2)24(32-6)23(16)31-5/h7-10,13-14H,11-12H2,1-6H3,(H,25,26). The Kier molecular flexibility index (Phi) is 8.95. The van der Waals surface area contributed by atoms with Crippen LogP contribution < -0.4 is 29.0 Å². The van der Waals surface area contributed by atoms with Crippen LogP contribution >= 0.6 is 0 Å². The van der Waals surface area contributed by atoms with Crippen molar-refractivity contribution in [1.82, 2.24) is 5.32 Å². The second-order valence-electron chi connectivity index (χ2n) is 6.72. The molecule has 0 aromatic heterocycles. The van der Waals surface area contributed by atoms with Gasteiger partial charge in [-0.05, 0) is 48.4 Å². The van der Waals surface area contributed by atoms with Gasteiger partial charge in [-0.25, -0.2) is 0 Å². The molecule has 0 heterocycles. The third-order valence-corrected chi connectivity index (χ3v) is 4.79. The summed E-state index contributed by atoms with van der Waals surface area (Å²) >= 11 is 0. The van der Waals surface area contributed by atoms with Gasteiger partial charge in [-0.2, -0.15) is 0 Å². The number of carbonyl (C=O) groups is 2. The van der Waals surface area contributed by atoms with Crippen molar-refractivity contribution in [3.05, 3.63) is 47.0 Å². The van der Waals surface area contributed by atoms with E-state index in [1.165, 1.54) is 48.5 Å². The van der Waals surface area contributed by atoms with Crippen LogP contribution in [-0.2, 0) is 11.2 Å². The first-order valence-corrected chi connectivity index (χ1v) is 9.90. The number of allylic oxidation sites excluding steroid dienone is 1. The van der Waals surface area contributed by atoms with Gasteiger partial charge in [0.25, 0.3) is 0 Å². The molecule has 172 valence electrons. The average molecular weight is 443 g/mol.